The number of methoxy groups -OCH3 is 1. The van der Waals surface area contributed by atoms with E-state index in [1.807, 2.05) is 58.5 Å². The van der Waals surface area contributed by atoms with Crippen LogP contribution in [-0.4, -0.2) is 166 Å². The van der Waals surface area contributed by atoms with E-state index in [1.54, 1.807) is 34.6 Å². The van der Waals surface area contributed by atoms with Gasteiger partial charge in [0.1, 0.15) is 30.0 Å². The molecule has 0 aromatic heterocycles. The quantitative estimate of drug-likeness (QED) is 0.228. The largest absolute Gasteiger partial charge is 0.459 e. The normalized spacial score (nSPS) is 48.9. The molecular weight excluding hydrogens is 688 g/mol. The topological polar surface area (TPSA) is 180 Å². The highest BCUT2D eigenvalue weighted by atomic mass is 16.7. The van der Waals surface area contributed by atoms with Gasteiger partial charge in [-0.05, 0) is 94.3 Å². The van der Waals surface area contributed by atoms with Gasteiger partial charge in [0.05, 0.1) is 41.5 Å². The number of likely N-dealkylation sites (N-methyl/N-ethyl adjacent to an activating group) is 2. The van der Waals surface area contributed by atoms with Gasteiger partial charge in [0.25, 0.3) is 0 Å². The number of rotatable bonds is 8. The lowest BCUT2D eigenvalue weighted by Gasteiger charge is -2.48. The summed E-state index contributed by atoms with van der Waals surface area (Å²) in [5.41, 5.74) is -4.38. The third-order valence-corrected chi connectivity index (χ3v) is 12.4. The molecule has 14 heteroatoms. The molecule has 0 radical (unpaired) electrons. The standard InChI is InChI=1S/C39H74N2O12/c1-15-28-39(11,47)32(43)25(7)41(16-2)20-21(3)18-37(9,46)34(53-36-30(42)27(40(12)13)17-22(4)49-36)23(5)31(24(6)35(45)51-28)52-29-19-38(10,48-14)33(44)26(8)50-29/h21-34,36,42-44,46-47H,15-20H2,1-14H3/t21-,22-,23+,24-,25-,26+,27+,28-,29+,30-,31+,32-,33+,34-,36+,37-,38-,39-/m1/s1. The summed E-state index contributed by atoms with van der Waals surface area (Å²) in [5.74, 6) is -2.58. The van der Waals surface area contributed by atoms with Crippen molar-refractivity contribution in [1.29, 1.82) is 0 Å². The summed E-state index contributed by atoms with van der Waals surface area (Å²) in [6, 6.07) is -0.794. The molecule has 0 bridgehead atoms. The molecule has 53 heavy (non-hydrogen) atoms. The van der Waals surface area contributed by atoms with Crippen molar-refractivity contribution in [2.75, 3.05) is 34.3 Å². The number of aliphatic hydroxyl groups excluding tert-OH is 3. The molecule has 0 saturated carbocycles. The molecule has 3 aliphatic rings. The van der Waals surface area contributed by atoms with Gasteiger partial charge in [-0.1, -0.05) is 27.7 Å². The zero-order chi connectivity index (χ0) is 40.4. The summed E-state index contributed by atoms with van der Waals surface area (Å²) in [7, 11) is 5.29. The molecule has 3 aliphatic heterocycles. The Morgan fingerprint density at radius 2 is 1.55 bits per heavy atom. The molecule has 3 rings (SSSR count). The fourth-order valence-corrected chi connectivity index (χ4v) is 9.02. The number of aliphatic hydroxyl groups is 5. The number of esters is 1. The summed E-state index contributed by atoms with van der Waals surface area (Å²) < 4.78 is 37.6. The van der Waals surface area contributed by atoms with E-state index >= 15 is 0 Å². The molecule has 0 amide bonds. The van der Waals surface area contributed by atoms with Crippen LogP contribution in [0.4, 0.5) is 0 Å². The van der Waals surface area contributed by atoms with Crippen molar-refractivity contribution in [3.8, 4) is 0 Å². The Morgan fingerprint density at radius 1 is 0.925 bits per heavy atom. The molecule has 0 unspecified atom stereocenters. The Hall–Kier alpha value is -1.01. The Labute approximate surface area is 318 Å². The molecule has 0 spiro atoms. The van der Waals surface area contributed by atoms with Crippen LogP contribution in [0.2, 0.25) is 0 Å². The SMILES string of the molecule is CC[C@H]1OC(=O)[C@H](C)[C@@H](O[C@H]2C[C@@](C)(OC)[C@@H](O)[C@H](C)O2)[C@H](C)[C@@H](O[C@@H]2O[C@H](C)C[C@H](N(C)C)[C@H]2O)[C@](C)(O)C[C@@H](C)CN(CC)[C@H](C)[C@@H](O)[C@]1(C)O. The lowest BCUT2D eigenvalue weighted by molar-refractivity contribution is -0.318. The van der Waals surface area contributed by atoms with Crippen LogP contribution < -0.4 is 0 Å². The lowest BCUT2D eigenvalue weighted by Crippen LogP contribution is -2.60. The van der Waals surface area contributed by atoms with Crippen LogP contribution in [0, 0.1) is 17.8 Å². The minimum atomic E-state index is -1.80. The van der Waals surface area contributed by atoms with Crippen LogP contribution in [-0.2, 0) is 33.2 Å². The molecule has 0 aromatic carbocycles. The number of carbonyl (C=O) groups is 1. The van der Waals surface area contributed by atoms with Gasteiger partial charge in [0.15, 0.2) is 12.6 Å². The molecule has 5 N–H and O–H groups in total. The minimum absolute atomic E-state index is 0.134. The van der Waals surface area contributed by atoms with Crippen LogP contribution in [0.5, 0.6) is 0 Å². The molecule has 3 heterocycles. The highest BCUT2D eigenvalue weighted by molar-refractivity contribution is 5.73. The van der Waals surface area contributed by atoms with E-state index in [0.717, 1.165) is 0 Å². The number of ether oxygens (including phenoxy) is 6. The van der Waals surface area contributed by atoms with Crippen molar-refractivity contribution in [2.45, 2.75) is 192 Å². The molecule has 14 nitrogen and oxygen atoms in total. The summed E-state index contributed by atoms with van der Waals surface area (Å²) in [6.07, 6.45) is -8.18. The van der Waals surface area contributed by atoms with E-state index in [1.165, 1.54) is 14.0 Å². The number of cyclic esters (lactones) is 1. The van der Waals surface area contributed by atoms with Crippen molar-refractivity contribution >= 4 is 5.97 Å². The predicted octanol–water partition coefficient (Wildman–Crippen LogP) is 2.29. The summed E-state index contributed by atoms with van der Waals surface area (Å²) >= 11 is 0. The van der Waals surface area contributed by atoms with Gasteiger partial charge in [-0.25, -0.2) is 0 Å². The molecule has 312 valence electrons. The van der Waals surface area contributed by atoms with Gasteiger partial charge < -0.3 is 58.9 Å². The van der Waals surface area contributed by atoms with Crippen LogP contribution in [0.3, 0.4) is 0 Å². The van der Waals surface area contributed by atoms with Gasteiger partial charge in [0.2, 0.25) is 0 Å². The van der Waals surface area contributed by atoms with E-state index in [0.29, 0.717) is 19.5 Å². The van der Waals surface area contributed by atoms with Crippen molar-refractivity contribution in [2.24, 2.45) is 17.8 Å². The molecule has 0 aliphatic carbocycles. The second-order valence-electron chi connectivity index (χ2n) is 17.3. The average Bonchev–Trinajstić information content (AvgIpc) is 3.08. The first-order valence-electron chi connectivity index (χ1n) is 19.7. The van der Waals surface area contributed by atoms with E-state index in [4.69, 9.17) is 28.4 Å². The van der Waals surface area contributed by atoms with Gasteiger partial charge in [-0.2, -0.15) is 0 Å². The van der Waals surface area contributed by atoms with Gasteiger partial charge in [0, 0.05) is 38.1 Å². The maximum Gasteiger partial charge on any atom is 0.311 e. The highest BCUT2D eigenvalue weighted by Gasteiger charge is 2.52. The third-order valence-electron chi connectivity index (χ3n) is 12.4. The van der Waals surface area contributed by atoms with E-state index in [-0.39, 0.29) is 37.3 Å². The fourth-order valence-electron chi connectivity index (χ4n) is 9.02. The van der Waals surface area contributed by atoms with Crippen LogP contribution in [0.25, 0.3) is 0 Å². The monoisotopic (exact) mass is 763 g/mol. The molecule has 18 atom stereocenters. The molecule has 3 saturated heterocycles. The fraction of sp³-hybridized carbons (Fsp3) is 0.974. The first-order valence-corrected chi connectivity index (χ1v) is 19.7. The van der Waals surface area contributed by atoms with E-state index < -0.39 is 96.0 Å². The molecular formula is C39H74N2O12. The summed E-state index contributed by atoms with van der Waals surface area (Å²) in [4.78, 5) is 18.2. The maximum absolute atomic E-state index is 14.3. The summed E-state index contributed by atoms with van der Waals surface area (Å²) in [6.45, 7) is 20.7. The van der Waals surface area contributed by atoms with E-state index in [2.05, 4.69) is 0 Å². The molecule has 0 aromatic rings. The Bertz CT molecular complexity index is 1160. The zero-order valence-electron chi connectivity index (χ0n) is 34.9. The van der Waals surface area contributed by atoms with Crippen molar-refractivity contribution in [1.82, 2.24) is 9.80 Å². The maximum atomic E-state index is 14.3. The first-order chi connectivity index (χ1) is 24.4. The number of hydrogen-bond donors (Lipinski definition) is 5. The highest BCUT2D eigenvalue weighted by Crippen LogP contribution is 2.40. The third kappa shape index (κ3) is 10.5. The minimum Gasteiger partial charge on any atom is -0.459 e. The number of nitrogens with zero attached hydrogens (tertiary/aromatic N) is 2. The Balaban J connectivity index is 2.19. The van der Waals surface area contributed by atoms with Crippen LogP contribution in [0.1, 0.15) is 102 Å². The molecule has 3 fully saturated rings. The van der Waals surface area contributed by atoms with E-state index in [9.17, 15) is 30.3 Å². The zero-order valence-corrected chi connectivity index (χ0v) is 34.9. The predicted molar refractivity (Wildman–Crippen MR) is 199 cm³/mol. The number of hydrogen-bond acceptors (Lipinski definition) is 14. The Morgan fingerprint density at radius 3 is 2.09 bits per heavy atom. The number of carbonyl (C=O) groups excluding carboxylic acids is 1. The van der Waals surface area contributed by atoms with Gasteiger partial charge >= 0.3 is 5.97 Å². The average molecular weight is 763 g/mol. The van der Waals surface area contributed by atoms with Crippen LogP contribution >= 0.6 is 0 Å². The van der Waals surface area contributed by atoms with Crippen molar-refractivity contribution in [3.05, 3.63) is 0 Å². The van der Waals surface area contributed by atoms with Gasteiger partial charge in [-0.3, -0.25) is 9.69 Å². The second-order valence-corrected chi connectivity index (χ2v) is 17.3. The smallest absolute Gasteiger partial charge is 0.311 e. The Kier molecular flexibility index (Phi) is 16.2. The second kappa shape index (κ2) is 18.5. The van der Waals surface area contributed by atoms with Crippen molar-refractivity contribution < 1.29 is 58.7 Å². The first kappa shape index (κ1) is 46.4. The summed E-state index contributed by atoms with van der Waals surface area (Å²) in [5, 5.41) is 58.5. The van der Waals surface area contributed by atoms with Crippen LogP contribution in [0.15, 0.2) is 0 Å². The lowest BCUT2D eigenvalue weighted by atomic mass is 9.77. The van der Waals surface area contributed by atoms with Gasteiger partial charge in [-0.15, -0.1) is 0 Å². The van der Waals surface area contributed by atoms with Crippen molar-refractivity contribution in [3.63, 3.8) is 0 Å².